The van der Waals surface area contributed by atoms with E-state index >= 15 is 0 Å². The molecule has 0 radical (unpaired) electrons. The van der Waals surface area contributed by atoms with Crippen molar-refractivity contribution in [2.45, 2.75) is 52.5 Å². The first-order valence-corrected chi connectivity index (χ1v) is 4.92. The summed E-state index contributed by atoms with van der Waals surface area (Å²) in [5, 5.41) is 2.99. The van der Waals surface area contributed by atoms with Gasteiger partial charge in [-0.2, -0.15) is 0 Å². The molecule has 1 saturated carbocycles. The number of amides is 1. The van der Waals surface area contributed by atoms with E-state index in [-0.39, 0.29) is 17.4 Å². The summed E-state index contributed by atoms with van der Waals surface area (Å²) in [6.07, 6.45) is 4.37. The van der Waals surface area contributed by atoms with Crippen LogP contribution in [0.25, 0.3) is 0 Å². The third-order valence-electron chi connectivity index (χ3n) is 2.48. The molecule has 0 aromatic rings. The SMILES string of the molecule is CCCC1(C(=O)NC(C)C)CC1. The van der Waals surface area contributed by atoms with Crippen molar-refractivity contribution in [1.82, 2.24) is 5.32 Å². The number of rotatable bonds is 4. The lowest BCUT2D eigenvalue weighted by atomic mass is 9.99. The summed E-state index contributed by atoms with van der Waals surface area (Å²) in [6.45, 7) is 6.17. The van der Waals surface area contributed by atoms with E-state index in [1.807, 2.05) is 13.8 Å². The van der Waals surface area contributed by atoms with Gasteiger partial charge in [-0.15, -0.1) is 0 Å². The van der Waals surface area contributed by atoms with Crippen molar-refractivity contribution < 1.29 is 4.79 Å². The Hall–Kier alpha value is -0.530. The maximum atomic E-state index is 11.6. The molecule has 0 spiro atoms. The summed E-state index contributed by atoms with van der Waals surface area (Å²) in [6, 6.07) is 0.284. The molecule has 1 aliphatic rings. The van der Waals surface area contributed by atoms with Crippen LogP contribution in [0.3, 0.4) is 0 Å². The zero-order valence-electron chi connectivity index (χ0n) is 8.31. The van der Waals surface area contributed by atoms with Gasteiger partial charge in [-0.25, -0.2) is 0 Å². The predicted octanol–water partition coefficient (Wildman–Crippen LogP) is 2.09. The van der Waals surface area contributed by atoms with E-state index in [2.05, 4.69) is 12.2 Å². The molecule has 0 aromatic heterocycles. The first-order chi connectivity index (χ1) is 5.60. The monoisotopic (exact) mass is 169 g/mol. The molecule has 1 amide bonds. The molecule has 70 valence electrons. The Labute approximate surface area is 74.7 Å². The quantitative estimate of drug-likeness (QED) is 0.686. The molecule has 1 fully saturated rings. The third-order valence-corrected chi connectivity index (χ3v) is 2.48. The van der Waals surface area contributed by atoms with E-state index in [1.165, 1.54) is 0 Å². The van der Waals surface area contributed by atoms with Crippen molar-refractivity contribution in [3.63, 3.8) is 0 Å². The molecule has 0 aromatic carbocycles. The van der Waals surface area contributed by atoms with Crippen LogP contribution >= 0.6 is 0 Å². The largest absolute Gasteiger partial charge is 0.353 e. The number of nitrogens with one attached hydrogen (secondary N) is 1. The number of hydrogen-bond acceptors (Lipinski definition) is 1. The molecule has 0 aliphatic heterocycles. The lowest BCUT2D eigenvalue weighted by Gasteiger charge is -2.16. The maximum Gasteiger partial charge on any atom is 0.226 e. The highest BCUT2D eigenvalue weighted by Gasteiger charge is 2.48. The molecule has 2 heteroatoms. The Morgan fingerprint density at radius 1 is 1.50 bits per heavy atom. The number of hydrogen-bond donors (Lipinski definition) is 1. The summed E-state index contributed by atoms with van der Waals surface area (Å²) < 4.78 is 0. The molecule has 1 aliphatic carbocycles. The first-order valence-electron chi connectivity index (χ1n) is 4.92. The van der Waals surface area contributed by atoms with Gasteiger partial charge in [0.1, 0.15) is 0 Å². The van der Waals surface area contributed by atoms with Gasteiger partial charge < -0.3 is 5.32 Å². The van der Waals surface area contributed by atoms with Gasteiger partial charge in [-0.3, -0.25) is 4.79 Å². The minimum atomic E-state index is 0.0407. The second-order valence-corrected chi connectivity index (χ2v) is 4.16. The van der Waals surface area contributed by atoms with Crippen LogP contribution in [0.2, 0.25) is 0 Å². The fourth-order valence-corrected chi connectivity index (χ4v) is 1.64. The Balaban J connectivity index is 2.40. The summed E-state index contributed by atoms with van der Waals surface area (Å²) in [5.74, 6) is 0.277. The highest BCUT2D eigenvalue weighted by molar-refractivity contribution is 5.85. The fourth-order valence-electron chi connectivity index (χ4n) is 1.64. The van der Waals surface area contributed by atoms with Gasteiger partial charge in [0.05, 0.1) is 0 Å². The summed E-state index contributed by atoms with van der Waals surface area (Å²) in [5.41, 5.74) is 0.0407. The van der Waals surface area contributed by atoms with E-state index in [4.69, 9.17) is 0 Å². The van der Waals surface area contributed by atoms with E-state index in [0.717, 1.165) is 25.7 Å². The van der Waals surface area contributed by atoms with Gasteiger partial charge in [-0.05, 0) is 33.1 Å². The van der Waals surface area contributed by atoms with Crippen LogP contribution in [0.5, 0.6) is 0 Å². The normalized spacial score (nSPS) is 19.3. The van der Waals surface area contributed by atoms with Crippen LogP contribution in [0.4, 0.5) is 0 Å². The molecular weight excluding hydrogens is 150 g/mol. The summed E-state index contributed by atoms with van der Waals surface area (Å²) >= 11 is 0. The molecule has 1 rings (SSSR count). The maximum absolute atomic E-state index is 11.6. The Bertz CT molecular complexity index is 171. The van der Waals surface area contributed by atoms with Crippen molar-refractivity contribution in [3.05, 3.63) is 0 Å². The Kier molecular flexibility index (Phi) is 2.76. The second-order valence-electron chi connectivity index (χ2n) is 4.16. The van der Waals surface area contributed by atoms with Crippen LogP contribution in [-0.4, -0.2) is 11.9 Å². The fraction of sp³-hybridized carbons (Fsp3) is 0.900. The van der Waals surface area contributed by atoms with Crippen LogP contribution in [0.1, 0.15) is 46.5 Å². The van der Waals surface area contributed by atoms with Crippen molar-refractivity contribution in [1.29, 1.82) is 0 Å². The van der Waals surface area contributed by atoms with Crippen LogP contribution in [0, 0.1) is 5.41 Å². The van der Waals surface area contributed by atoms with Gasteiger partial charge >= 0.3 is 0 Å². The van der Waals surface area contributed by atoms with Crippen LogP contribution < -0.4 is 5.32 Å². The molecule has 0 bridgehead atoms. The van der Waals surface area contributed by atoms with Gasteiger partial charge in [0.2, 0.25) is 5.91 Å². The zero-order valence-corrected chi connectivity index (χ0v) is 8.31. The lowest BCUT2D eigenvalue weighted by Crippen LogP contribution is -2.36. The lowest BCUT2D eigenvalue weighted by molar-refractivity contribution is -0.127. The molecule has 0 heterocycles. The Morgan fingerprint density at radius 2 is 2.08 bits per heavy atom. The zero-order chi connectivity index (χ0) is 9.19. The van der Waals surface area contributed by atoms with Gasteiger partial charge in [0.25, 0.3) is 0 Å². The topological polar surface area (TPSA) is 29.1 Å². The average molecular weight is 169 g/mol. The molecule has 0 saturated heterocycles. The van der Waals surface area contributed by atoms with Gasteiger partial charge in [-0.1, -0.05) is 13.3 Å². The molecule has 0 atom stereocenters. The van der Waals surface area contributed by atoms with E-state index in [1.54, 1.807) is 0 Å². The molecule has 2 nitrogen and oxygen atoms in total. The smallest absolute Gasteiger partial charge is 0.226 e. The first kappa shape index (κ1) is 9.56. The van der Waals surface area contributed by atoms with Crippen molar-refractivity contribution in [3.8, 4) is 0 Å². The summed E-state index contributed by atoms with van der Waals surface area (Å²) in [7, 11) is 0. The van der Waals surface area contributed by atoms with Crippen molar-refractivity contribution in [2.75, 3.05) is 0 Å². The molecular formula is C10H19NO. The minimum Gasteiger partial charge on any atom is -0.353 e. The molecule has 12 heavy (non-hydrogen) atoms. The van der Waals surface area contributed by atoms with E-state index in [0.29, 0.717) is 0 Å². The van der Waals surface area contributed by atoms with Gasteiger partial charge in [0, 0.05) is 11.5 Å². The predicted molar refractivity (Wildman–Crippen MR) is 49.9 cm³/mol. The third kappa shape index (κ3) is 1.99. The summed E-state index contributed by atoms with van der Waals surface area (Å²) in [4.78, 5) is 11.6. The van der Waals surface area contributed by atoms with Gasteiger partial charge in [0.15, 0.2) is 0 Å². The standard InChI is InChI=1S/C10H19NO/c1-4-5-10(6-7-10)9(12)11-8(2)3/h8H,4-7H2,1-3H3,(H,11,12). The molecule has 0 unspecified atom stereocenters. The number of carbonyl (C=O) groups excluding carboxylic acids is 1. The minimum absolute atomic E-state index is 0.0407. The highest BCUT2D eigenvalue weighted by atomic mass is 16.2. The average Bonchev–Trinajstić information content (AvgIpc) is 2.68. The van der Waals surface area contributed by atoms with Crippen LogP contribution in [0.15, 0.2) is 0 Å². The van der Waals surface area contributed by atoms with Crippen molar-refractivity contribution in [2.24, 2.45) is 5.41 Å². The Morgan fingerprint density at radius 3 is 2.42 bits per heavy atom. The molecule has 1 N–H and O–H groups in total. The van der Waals surface area contributed by atoms with Crippen LogP contribution in [-0.2, 0) is 4.79 Å². The number of carbonyl (C=O) groups is 1. The van der Waals surface area contributed by atoms with Crippen molar-refractivity contribution >= 4 is 5.91 Å². The van der Waals surface area contributed by atoms with E-state index in [9.17, 15) is 4.79 Å². The second kappa shape index (κ2) is 3.46. The highest BCUT2D eigenvalue weighted by Crippen LogP contribution is 2.49. The van der Waals surface area contributed by atoms with E-state index < -0.39 is 0 Å².